The smallest absolute Gasteiger partial charge is 0.276 e. The molecule has 0 atom stereocenters. The Hall–Kier alpha value is -3.07. The molecule has 2 amide bonds. The molecule has 9 heteroatoms. The lowest BCUT2D eigenvalue weighted by Crippen LogP contribution is -2.53. The summed E-state index contributed by atoms with van der Waals surface area (Å²) in [6, 6.07) is 3.32. The van der Waals surface area contributed by atoms with E-state index in [0.717, 1.165) is 29.2 Å². The zero-order valence-electron chi connectivity index (χ0n) is 11.7. The third kappa shape index (κ3) is 3.24. The average molecular weight is 333 g/mol. The number of nitro groups is 1. The molecule has 0 aliphatic carbocycles. The lowest BCUT2D eigenvalue weighted by Gasteiger charge is -2.27. The Bertz CT molecular complexity index is 772. The summed E-state index contributed by atoms with van der Waals surface area (Å²) in [5, 5.41) is 22.8. The van der Waals surface area contributed by atoms with E-state index in [1.165, 1.54) is 6.08 Å². The van der Waals surface area contributed by atoms with Gasteiger partial charge in [0.25, 0.3) is 17.5 Å². The van der Waals surface area contributed by atoms with Gasteiger partial charge in [-0.3, -0.25) is 29.9 Å². The zero-order chi connectivity index (χ0) is 17.1. The molecule has 1 aliphatic rings. The molecule has 1 aromatic rings. The number of carbonyl (C=O) groups is 2. The molecule has 23 heavy (non-hydrogen) atoms. The number of hydrogen-bond acceptors (Lipinski definition) is 6. The van der Waals surface area contributed by atoms with Gasteiger partial charge in [0.1, 0.15) is 11.3 Å². The Morgan fingerprint density at radius 3 is 2.74 bits per heavy atom. The highest BCUT2D eigenvalue weighted by molar-refractivity contribution is 7.80. The molecule has 0 unspecified atom stereocenters. The number of benzene rings is 1. The van der Waals surface area contributed by atoms with Gasteiger partial charge in [-0.15, -0.1) is 6.58 Å². The van der Waals surface area contributed by atoms with Crippen molar-refractivity contribution in [1.29, 1.82) is 0 Å². The molecule has 1 aromatic carbocycles. The van der Waals surface area contributed by atoms with Crippen molar-refractivity contribution in [1.82, 2.24) is 10.2 Å². The minimum absolute atomic E-state index is 0.0672. The number of thiocarbonyl (C=S) groups is 1. The van der Waals surface area contributed by atoms with Crippen LogP contribution in [0, 0.1) is 10.1 Å². The van der Waals surface area contributed by atoms with E-state index in [1.54, 1.807) is 0 Å². The van der Waals surface area contributed by atoms with E-state index in [1.807, 2.05) is 0 Å². The molecule has 1 saturated heterocycles. The summed E-state index contributed by atoms with van der Waals surface area (Å²) in [5.74, 6) is -1.70. The van der Waals surface area contributed by atoms with Gasteiger partial charge in [-0.2, -0.15) is 0 Å². The number of phenols is 1. The standard InChI is InChI=1S/C14H11N3O5S/c1-2-5-16-13(20)10(12(19)15-14(16)23)7-8-6-9(18)3-4-11(8)17(21)22/h2-4,6-7,18H,1,5H2,(H,15,19,23). The number of rotatable bonds is 4. The summed E-state index contributed by atoms with van der Waals surface area (Å²) in [5.41, 5.74) is -0.742. The van der Waals surface area contributed by atoms with Gasteiger partial charge >= 0.3 is 0 Å². The maximum absolute atomic E-state index is 12.3. The second-order valence-corrected chi connectivity index (χ2v) is 4.91. The molecular weight excluding hydrogens is 322 g/mol. The number of carbonyl (C=O) groups excluding carboxylic acids is 2. The van der Waals surface area contributed by atoms with Crippen molar-refractivity contribution in [2.75, 3.05) is 6.54 Å². The molecular formula is C14H11N3O5S. The Labute approximate surface area is 135 Å². The van der Waals surface area contributed by atoms with E-state index in [-0.39, 0.29) is 34.2 Å². The van der Waals surface area contributed by atoms with Gasteiger partial charge in [0.15, 0.2) is 5.11 Å². The first-order chi connectivity index (χ1) is 10.8. The lowest BCUT2D eigenvalue weighted by atomic mass is 10.1. The highest BCUT2D eigenvalue weighted by Gasteiger charge is 2.33. The second-order valence-electron chi connectivity index (χ2n) is 4.52. The van der Waals surface area contributed by atoms with Gasteiger partial charge in [-0.05, 0) is 30.4 Å². The average Bonchev–Trinajstić information content (AvgIpc) is 2.47. The van der Waals surface area contributed by atoms with Crippen molar-refractivity contribution in [3.63, 3.8) is 0 Å². The van der Waals surface area contributed by atoms with Gasteiger partial charge in [0.2, 0.25) is 0 Å². The van der Waals surface area contributed by atoms with E-state index in [2.05, 4.69) is 11.9 Å². The molecule has 1 aliphatic heterocycles. The summed E-state index contributed by atoms with van der Waals surface area (Å²) in [7, 11) is 0. The predicted molar refractivity (Wildman–Crippen MR) is 85.4 cm³/mol. The molecule has 0 spiro atoms. The molecule has 0 aromatic heterocycles. The van der Waals surface area contributed by atoms with Crippen LogP contribution in [-0.4, -0.2) is 38.4 Å². The second kappa shape index (κ2) is 6.36. The van der Waals surface area contributed by atoms with Gasteiger partial charge < -0.3 is 5.11 Å². The van der Waals surface area contributed by atoms with Crippen LogP contribution in [-0.2, 0) is 9.59 Å². The van der Waals surface area contributed by atoms with Crippen LogP contribution in [0.25, 0.3) is 6.08 Å². The third-order valence-corrected chi connectivity index (χ3v) is 3.33. The summed E-state index contributed by atoms with van der Waals surface area (Å²) < 4.78 is 0. The number of nitro benzene ring substituents is 1. The number of aromatic hydroxyl groups is 1. The molecule has 118 valence electrons. The van der Waals surface area contributed by atoms with E-state index >= 15 is 0 Å². The first-order valence-corrected chi connectivity index (χ1v) is 6.73. The quantitative estimate of drug-likeness (QED) is 0.213. The molecule has 2 N–H and O–H groups in total. The van der Waals surface area contributed by atoms with Crippen LogP contribution < -0.4 is 5.32 Å². The van der Waals surface area contributed by atoms with Gasteiger partial charge in [0, 0.05) is 12.6 Å². The molecule has 0 saturated carbocycles. The van der Waals surface area contributed by atoms with Crippen LogP contribution in [0.5, 0.6) is 5.75 Å². The molecule has 0 bridgehead atoms. The topological polar surface area (TPSA) is 113 Å². The minimum atomic E-state index is -0.766. The van der Waals surface area contributed by atoms with Crippen LogP contribution in [0.3, 0.4) is 0 Å². The Morgan fingerprint density at radius 2 is 2.13 bits per heavy atom. The summed E-state index contributed by atoms with van der Waals surface area (Å²) in [6.07, 6.45) is 2.48. The maximum Gasteiger partial charge on any atom is 0.276 e. The van der Waals surface area contributed by atoms with Crippen LogP contribution in [0.15, 0.2) is 36.4 Å². The van der Waals surface area contributed by atoms with Gasteiger partial charge in [-0.1, -0.05) is 6.08 Å². The van der Waals surface area contributed by atoms with Crippen LogP contribution >= 0.6 is 12.2 Å². The zero-order valence-corrected chi connectivity index (χ0v) is 12.5. The monoisotopic (exact) mass is 333 g/mol. The largest absolute Gasteiger partial charge is 0.508 e. The molecule has 0 radical (unpaired) electrons. The molecule has 1 fully saturated rings. The number of hydrogen-bond donors (Lipinski definition) is 2. The fourth-order valence-corrected chi connectivity index (χ4v) is 2.22. The lowest BCUT2D eigenvalue weighted by molar-refractivity contribution is -0.385. The van der Waals surface area contributed by atoms with Crippen LogP contribution in [0.1, 0.15) is 5.56 Å². The number of nitrogens with one attached hydrogen (secondary N) is 1. The van der Waals surface area contributed by atoms with E-state index in [4.69, 9.17) is 12.2 Å². The predicted octanol–water partition coefficient (Wildman–Crippen LogP) is 1.11. The van der Waals surface area contributed by atoms with Gasteiger partial charge in [0.05, 0.1) is 10.5 Å². The third-order valence-electron chi connectivity index (χ3n) is 3.01. The van der Waals surface area contributed by atoms with Gasteiger partial charge in [-0.25, -0.2) is 0 Å². The normalized spacial score (nSPS) is 16.4. The number of phenolic OH excluding ortho intramolecular Hbond substituents is 1. The van der Waals surface area contributed by atoms with Crippen molar-refractivity contribution in [3.05, 3.63) is 52.1 Å². The molecule has 2 rings (SSSR count). The van der Waals surface area contributed by atoms with Crippen molar-refractivity contribution in [2.45, 2.75) is 0 Å². The Morgan fingerprint density at radius 1 is 1.43 bits per heavy atom. The van der Waals surface area contributed by atoms with E-state index < -0.39 is 16.7 Å². The molecule has 8 nitrogen and oxygen atoms in total. The van der Waals surface area contributed by atoms with Crippen LogP contribution in [0.4, 0.5) is 5.69 Å². The van der Waals surface area contributed by atoms with Crippen molar-refractivity contribution in [3.8, 4) is 5.75 Å². The van der Waals surface area contributed by atoms with E-state index in [0.29, 0.717) is 0 Å². The number of amides is 2. The minimum Gasteiger partial charge on any atom is -0.508 e. The fraction of sp³-hybridized carbons (Fsp3) is 0.0714. The maximum atomic E-state index is 12.3. The van der Waals surface area contributed by atoms with Crippen molar-refractivity contribution >= 4 is 40.9 Å². The molecule has 1 heterocycles. The van der Waals surface area contributed by atoms with Crippen LogP contribution in [0.2, 0.25) is 0 Å². The summed E-state index contributed by atoms with van der Waals surface area (Å²) in [6.45, 7) is 3.57. The first kappa shape index (κ1) is 16.3. The number of nitrogens with zero attached hydrogens (tertiary/aromatic N) is 2. The Kier molecular flexibility index (Phi) is 4.51. The Balaban J connectivity index is 2.53. The summed E-state index contributed by atoms with van der Waals surface area (Å²) in [4.78, 5) is 35.7. The van der Waals surface area contributed by atoms with Crippen molar-refractivity contribution < 1.29 is 19.6 Å². The fourth-order valence-electron chi connectivity index (χ4n) is 1.97. The van der Waals surface area contributed by atoms with E-state index in [9.17, 15) is 24.8 Å². The SMILES string of the molecule is C=CCN1C(=O)C(=Cc2cc(O)ccc2[N+](=O)[O-])C(=O)NC1=S. The highest BCUT2D eigenvalue weighted by Crippen LogP contribution is 2.26. The highest BCUT2D eigenvalue weighted by atomic mass is 32.1. The summed E-state index contributed by atoms with van der Waals surface area (Å²) >= 11 is 4.90. The van der Waals surface area contributed by atoms with Crippen molar-refractivity contribution in [2.24, 2.45) is 0 Å². The first-order valence-electron chi connectivity index (χ1n) is 6.32.